The SMILES string of the molecule is N#Cc1ccc(N2C(=O)CC(Sc3ccccn3)C2=O)cc1. The van der Waals surface area contributed by atoms with Gasteiger partial charge in [0, 0.05) is 12.6 Å². The number of nitriles is 1. The zero-order chi connectivity index (χ0) is 15.5. The minimum absolute atomic E-state index is 0.153. The Morgan fingerprint density at radius 3 is 2.59 bits per heavy atom. The summed E-state index contributed by atoms with van der Waals surface area (Å²) in [6, 6.07) is 13.9. The fourth-order valence-corrected chi connectivity index (χ4v) is 3.22. The van der Waals surface area contributed by atoms with E-state index in [1.165, 1.54) is 16.7 Å². The van der Waals surface area contributed by atoms with Crippen LogP contribution in [0.1, 0.15) is 12.0 Å². The van der Waals surface area contributed by atoms with Gasteiger partial charge in [0.2, 0.25) is 11.8 Å². The molecular weight excluding hydrogens is 298 g/mol. The molecule has 108 valence electrons. The van der Waals surface area contributed by atoms with Crippen molar-refractivity contribution in [1.82, 2.24) is 4.98 Å². The molecule has 1 saturated heterocycles. The average Bonchev–Trinajstić information content (AvgIpc) is 2.82. The van der Waals surface area contributed by atoms with Crippen LogP contribution in [0.4, 0.5) is 5.69 Å². The maximum atomic E-state index is 12.5. The van der Waals surface area contributed by atoms with Crippen molar-refractivity contribution in [2.24, 2.45) is 0 Å². The summed E-state index contributed by atoms with van der Waals surface area (Å²) >= 11 is 1.29. The van der Waals surface area contributed by atoms with Crippen LogP contribution in [0.25, 0.3) is 0 Å². The van der Waals surface area contributed by atoms with Crippen molar-refractivity contribution in [3.8, 4) is 6.07 Å². The third-order valence-corrected chi connectivity index (χ3v) is 4.40. The van der Waals surface area contributed by atoms with E-state index >= 15 is 0 Å². The van der Waals surface area contributed by atoms with Crippen LogP contribution in [0, 0.1) is 11.3 Å². The fraction of sp³-hybridized carbons (Fsp3) is 0.125. The Bertz CT molecular complexity index is 753. The monoisotopic (exact) mass is 309 g/mol. The van der Waals surface area contributed by atoms with Gasteiger partial charge in [-0.05, 0) is 36.4 Å². The summed E-state index contributed by atoms with van der Waals surface area (Å²) in [5, 5.41) is 9.05. The zero-order valence-electron chi connectivity index (χ0n) is 11.5. The van der Waals surface area contributed by atoms with Crippen LogP contribution in [0.5, 0.6) is 0 Å². The molecule has 0 radical (unpaired) electrons. The fourth-order valence-electron chi connectivity index (χ4n) is 2.21. The second-order valence-electron chi connectivity index (χ2n) is 4.70. The molecule has 3 rings (SSSR count). The van der Waals surface area contributed by atoms with Gasteiger partial charge in [-0.25, -0.2) is 9.88 Å². The predicted molar refractivity (Wildman–Crippen MR) is 82.1 cm³/mol. The molecule has 0 N–H and O–H groups in total. The van der Waals surface area contributed by atoms with Crippen molar-refractivity contribution < 1.29 is 9.59 Å². The lowest BCUT2D eigenvalue weighted by molar-refractivity contribution is -0.121. The molecule has 1 atom stereocenters. The Kier molecular flexibility index (Phi) is 3.90. The number of imide groups is 1. The Hall–Kier alpha value is -2.65. The lowest BCUT2D eigenvalue weighted by Gasteiger charge is -2.14. The molecule has 2 amide bonds. The van der Waals surface area contributed by atoms with E-state index < -0.39 is 5.25 Å². The van der Waals surface area contributed by atoms with Gasteiger partial charge in [0.25, 0.3) is 0 Å². The van der Waals surface area contributed by atoms with E-state index in [1.807, 2.05) is 18.2 Å². The van der Waals surface area contributed by atoms with E-state index in [0.29, 0.717) is 11.3 Å². The topological polar surface area (TPSA) is 74.1 Å². The molecule has 0 bridgehead atoms. The van der Waals surface area contributed by atoms with Gasteiger partial charge < -0.3 is 0 Å². The van der Waals surface area contributed by atoms with Gasteiger partial charge in [0.1, 0.15) is 0 Å². The molecule has 5 nitrogen and oxygen atoms in total. The molecule has 1 aliphatic heterocycles. The number of thioether (sulfide) groups is 1. The summed E-state index contributed by atoms with van der Waals surface area (Å²) in [6.45, 7) is 0. The smallest absolute Gasteiger partial charge is 0.247 e. The number of hydrogen-bond donors (Lipinski definition) is 0. The molecular formula is C16H11N3O2S. The number of rotatable bonds is 3. The highest BCUT2D eigenvalue weighted by atomic mass is 32.2. The molecule has 1 aromatic carbocycles. The second kappa shape index (κ2) is 6.00. The standard InChI is InChI=1S/C16H11N3O2S/c17-10-11-4-6-12(7-5-11)19-15(20)9-13(16(19)21)22-14-3-1-2-8-18-14/h1-8,13H,9H2. The van der Waals surface area contributed by atoms with Crippen molar-refractivity contribution in [2.45, 2.75) is 16.7 Å². The van der Waals surface area contributed by atoms with Gasteiger partial charge in [-0.2, -0.15) is 5.26 Å². The first-order valence-corrected chi connectivity index (χ1v) is 7.51. The van der Waals surface area contributed by atoms with Crippen LogP contribution >= 0.6 is 11.8 Å². The van der Waals surface area contributed by atoms with E-state index in [2.05, 4.69) is 4.98 Å². The quantitative estimate of drug-likeness (QED) is 0.814. The predicted octanol–water partition coefficient (Wildman–Crippen LogP) is 2.38. The van der Waals surface area contributed by atoms with Gasteiger partial charge in [-0.1, -0.05) is 17.8 Å². The maximum absolute atomic E-state index is 12.5. The summed E-state index contributed by atoms with van der Waals surface area (Å²) in [7, 11) is 0. The number of benzene rings is 1. The highest BCUT2D eigenvalue weighted by molar-refractivity contribution is 8.00. The number of carbonyl (C=O) groups excluding carboxylic acids is 2. The van der Waals surface area contributed by atoms with Gasteiger partial charge in [-0.15, -0.1) is 0 Å². The molecule has 22 heavy (non-hydrogen) atoms. The highest BCUT2D eigenvalue weighted by Crippen LogP contribution is 2.32. The average molecular weight is 309 g/mol. The molecule has 1 aliphatic rings. The summed E-state index contributed by atoms with van der Waals surface area (Å²) in [6.07, 6.45) is 1.81. The number of anilines is 1. The van der Waals surface area contributed by atoms with Crippen molar-refractivity contribution in [1.29, 1.82) is 5.26 Å². The molecule has 1 fully saturated rings. The first-order chi connectivity index (χ1) is 10.7. The van der Waals surface area contributed by atoms with E-state index in [1.54, 1.807) is 36.5 Å². The van der Waals surface area contributed by atoms with Crippen LogP contribution in [-0.4, -0.2) is 22.0 Å². The van der Waals surface area contributed by atoms with Gasteiger partial charge in [0.15, 0.2) is 0 Å². The molecule has 0 spiro atoms. The normalized spacial score (nSPS) is 17.6. The summed E-state index contributed by atoms with van der Waals surface area (Å²) < 4.78 is 0. The van der Waals surface area contributed by atoms with Crippen LogP contribution in [-0.2, 0) is 9.59 Å². The molecule has 0 saturated carbocycles. The lowest BCUT2D eigenvalue weighted by atomic mass is 10.2. The summed E-state index contributed by atoms with van der Waals surface area (Å²) in [5.74, 6) is -0.478. The first-order valence-electron chi connectivity index (χ1n) is 6.63. The first kappa shape index (κ1) is 14.3. The van der Waals surface area contributed by atoms with Crippen LogP contribution in [0.3, 0.4) is 0 Å². The van der Waals surface area contributed by atoms with Crippen molar-refractivity contribution in [3.05, 3.63) is 54.2 Å². The van der Waals surface area contributed by atoms with Crippen molar-refractivity contribution in [3.63, 3.8) is 0 Å². The Morgan fingerprint density at radius 1 is 1.18 bits per heavy atom. The third-order valence-electron chi connectivity index (χ3n) is 3.26. The molecule has 6 heteroatoms. The molecule has 1 aromatic heterocycles. The number of amides is 2. The summed E-state index contributed by atoms with van der Waals surface area (Å²) in [5.41, 5.74) is 0.986. The zero-order valence-corrected chi connectivity index (χ0v) is 12.3. The van der Waals surface area contributed by atoms with Crippen LogP contribution < -0.4 is 4.90 Å². The van der Waals surface area contributed by atoms with E-state index in [4.69, 9.17) is 5.26 Å². The van der Waals surface area contributed by atoms with Crippen LogP contribution in [0.2, 0.25) is 0 Å². The molecule has 2 heterocycles. The molecule has 1 unspecified atom stereocenters. The van der Waals surface area contributed by atoms with Crippen molar-refractivity contribution in [2.75, 3.05) is 4.90 Å². The Balaban J connectivity index is 1.80. The minimum atomic E-state index is -0.460. The highest BCUT2D eigenvalue weighted by Gasteiger charge is 2.40. The Labute approximate surface area is 131 Å². The van der Waals surface area contributed by atoms with Crippen molar-refractivity contribution >= 4 is 29.3 Å². The van der Waals surface area contributed by atoms with E-state index in [0.717, 1.165) is 5.03 Å². The minimum Gasteiger partial charge on any atom is -0.274 e. The Morgan fingerprint density at radius 2 is 1.95 bits per heavy atom. The number of carbonyl (C=O) groups is 2. The lowest BCUT2D eigenvalue weighted by Crippen LogP contribution is -2.31. The number of nitrogens with zero attached hydrogens (tertiary/aromatic N) is 3. The molecule has 2 aromatic rings. The number of hydrogen-bond acceptors (Lipinski definition) is 5. The van der Waals surface area contributed by atoms with Gasteiger partial charge >= 0.3 is 0 Å². The largest absolute Gasteiger partial charge is 0.274 e. The van der Waals surface area contributed by atoms with Gasteiger partial charge in [0.05, 0.1) is 27.6 Å². The third kappa shape index (κ3) is 2.71. The van der Waals surface area contributed by atoms with Gasteiger partial charge in [-0.3, -0.25) is 9.59 Å². The van der Waals surface area contributed by atoms with E-state index in [9.17, 15) is 9.59 Å². The summed E-state index contributed by atoms with van der Waals surface area (Å²) in [4.78, 5) is 30.0. The number of aromatic nitrogens is 1. The number of pyridine rings is 1. The van der Waals surface area contributed by atoms with Crippen LogP contribution in [0.15, 0.2) is 53.7 Å². The maximum Gasteiger partial charge on any atom is 0.247 e. The second-order valence-corrected chi connectivity index (χ2v) is 5.93. The van der Waals surface area contributed by atoms with E-state index in [-0.39, 0.29) is 18.2 Å². The molecule has 0 aliphatic carbocycles.